The van der Waals surface area contributed by atoms with E-state index >= 15 is 0 Å². The lowest BCUT2D eigenvalue weighted by Crippen LogP contribution is -2.52. The molecule has 2 heterocycles. The Balaban J connectivity index is 1.34. The fourth-order valence-electron chi connectivity index (χ4n) is 4.94. The van der Waals surface area contributed by atoms with E-state index in [0.29, 0.717) is 19.1 Å². The average molecular weight is 462 g/mol. The highest BCUT2D eigenvalue weighted by Gasteiger charge is 2.33. The number of benzene rings is 1. The Morgan fingerprint density at radius 2 is 1.84 bits per heavy atom. The summed E-state index contributed by atoms with van der Waals surface area (Å²) in [6.07, 6.45) is 7.85. The molecule has 2 aromatic rings. The fraction of sp³-hybridized carbons (Fsp3) is 0.542. The fourth-order valence-corrected chi connectivity index (χ4v) is 5.80. The summed E-state index contributed by atoms with van der Waals surface area (Å²) < 4.78 is 46.1. The van der Waals surface area contributed by atoms with Crippen molar-refractivity contribution in [1.29, 1.82) is 0 Å². The molecule has 2 aliphatic rings. The molecule has 1 aromatic carbocycles. The topological polar surface area (TPSA) is 71.5 Å². The van der Waals surface area contributed by atoms with Crippen LogP contribution in [0.1, 0.15) is 43.6 Å². The van der Waals surface area contributed by atoms with Gasteiger partial charge in [0.1, 0.15) is 11.6 Å². The van der Waals surface area contributed by atoms with Crippen molar-refractivity contribution in [2.24, 2.45) is 5.92 Å². The third kappa shape index (κ3) is 6.27. The van der Waals surface area contributed by atoms with Gasteiger partial charge < -0.3 is 9.64 Å². The Bertz CT molecular complexity index is 964. The minimum absolute atomic E-state index is 0.0512. The van der Waals surface area contributed by atoms with Crippen LogP contribution in [-0.2, 0) is 14.8 Å². The Hall–Kier alpha value is -2.03. The number of halogens is 1. The number of nitrogens with one attached hydrogen (secondary N) is 1. The van der Waals surface area contributed by atoms with Gasteiger partial charge in [0.05, 0.1) is 19.0 Å². The normalized spacial score (nSPS) is 26.8. The number of anilines is 1. The van der Waals surface area contributed by atoms with Crippen LogP contribution in [0.5, 0.6) is 0 Å². The second-order valence-electron chi connectivity index (χ2n) is 9.04. The maximum Gasteiger partial charge on any atom is 0.208 e. The Labute approximate surface area is 190 Å². The number of ether oxygens (including phenoxy) is 1. The molecule has 32 heavy (non-hydrogen) atoms. The van der Waals surface area contributed by atoms with Gasteiger partial charge in [0.15, 0.2) is 0 Å². The summed E-state index contributed by atoms with van der Waals surface area (Å²) in [7, 11) is -3.29. The van der Waals surface area contributed by atoms with Crippen LogP contribution < -0.4 is 9.62 Å². The lowest BCUT2D eigenvalue weighted by molar-refractivity contribution is -0.00214. The minimum Gasteiger partial charge on any atom is -0.378 e. The van der Waals surface area contributed by atoms with Crippen LogP contribution in [0.3, 0.4) is 0 Å². The zero-order valence-electron chi connectivity index (χ0n) is 18.5. The van der Waals surface area contributed by atoms with Crippen molar-refractivity contribution < 1.29 is 17.5 Å². The number of nitrogens with zero attached hydrogens (tertiary/aromatic N) is 2. The number of hydrogen-bond acceptors (Lipinski definition) is 5. The van der Waals surface area contributed by atoms with Crippen LogP contribution in [0.2, 0.25) is 0 Å². The molecule has 0 amide bonds. The van der Waals surface area contributed by atoms with Gasteiger partial charge in [-0.05, 0) is 67.9 Å². The largest absolute Gasteiger partial charge is 0.378 e. The van der Waals surface area contributed by atoms with Crippen LogP contribution in [0.4, 0.5) is 10.2 Å². The van der Waals surface area contributed by atoms with E-state index in [4.69, 9.17) is 4.74 Å². The molecular formula is C24H32FN3O3S. The average Bonchev–Trinajstić information content (AvgIpc) is 2.79. The molecule has 1 saturated heterocycles. The van der Waals surface area contributed by atoms with Crippen LogP contribution in [0.25, 0.3) is 0 Å². The summed E-state index contributed by atoms with van der Waals surface area (Å²) >= 11 is 0. The van der Waals surface area contributed by atoms with E-state index in [1.807, 2.05) is 30.3 Å². The monoisotopic (exact) mass is 461 g/mol. The van der Waals surface area contributed by atoms with Gasteiger partial charge in [0.2, 0.25) is 10.0 Å². The van der Waals surface area contributed by atoms with Gasteiger partial charge in [-0.1, -0.05) is 18.2 Å². The Kier molecular flexibility index (Phi) is 7.43. The third-order valence-corrected chi connectivity index (χ3v) is 7.37. The minimum atomic E-state index is -3.29. The lowest BCUT2D eigenvalue weighted by atomic mass is 9.82. The number of pyridine rings is 1. The van der Waals surface area contributed by atoms with Crippen LogP contribution >= 0.6 is 0 Å². The van der Waals surface area contributed by atoms with Crippen LogP contribution in [0.15, 0.2) is 48.7 Å². The molecule has 1 aliphatic heterocycles. The van der Waals surface area contributed by atoms with Gasteiger partial charge in [-0.3, -0.25) is 0 Å². The molecule has 4 rings (SSSR count). The van der Waals surface area contributed by atoms with Crippen molar-refractivity contribution in [3.8, 4) is 0 Å². The maximum atomic E-state index is 13.2. The highest BCUT2D eigenvalue weighted by Crippen LogP contribution is 2.34. The highest BCUT2D eigenvalue weighted by molar-refractivity contribution is 7.88. The molecule has 174 valence electrons. The summed E-state index contributed by atoms with van der Waals surface area (Å²) in [5.41, 5.74) is 1.19. The van der Waals surface area contributed by atoms with Crippen LogP contribution in [0, 0.1) is 11.7 Å². The highest BCUT2D eigenvalue weighted by atomic mass is 32.2. The molecule has 0 radical (unpaired) electrons. The van der Waals surface area contributed by atoms with E-state index in [0.717, 1.165) is 44.5 Å². The Morgan fingerprint density at radius 3 is 2.50 bits per heavy atom. The molecule has 8 heteroatoms. The van der Waals surface area contributed by atoms with Crippen molar-refractivity contribution in [2.45, 2.75) is 50.2 Å². The molecule has 1 N–H and O–H groups in total. The molecule has 2 fully saturated rings. The summed E-state index contributed by atoms with van der Waals surface area (Å²) in [6, 6.07) is 12.5. The van der Waals surface area contributed by atoms with Gasteiger partial charge in [0.25, 0.3) is 0 Å². The predicted octanol–water partition coefficient (Wildman–Crippen LogP) is 3.71. The number of sulfonamides is 1. The smallest absolute Gasteiger partial charge is 0.208 e. The Morgan fingerprint density at radius 1 is 1.09 bits per heavy atom. The lowest BCUT2D eigenvalue weighted by Gasteiger charge is -2.40. The van der Waals surface area contributed by atoms with Crippen molar-refractivity contribution >= 4 is 15.8 Å². The number of piperidine rings is 1. The summed E-state index contributed by atoms with van der Waals surface area (Å²) in [6.45, 7) is 1.97. The number of aromatic nitrogens is 1. The van der Waals surface area contributed by atoms with Gasteiger partial charge in [-0.25, -0.2) is 22.5 Å². The molecular weight excluding hydrogens is 429 g/mol. The van der Waals surface area contributed by atoms with E-state index in [1.165, 1.54) is 24.0 Å². The maximum absolute atomic E-state index is 13.2. The van der Waals surface area contributed by atoms with Crippen LogP contribution in [-0.4, -0.2) is 51.5 Å². The third-order valence-electron chi connectivity index (χ3n) is 6.63. The van der Waals surface area contributed by atoms with Gasteiger partial charge in [0, 0.05) is 31.2 Å². The zero-order valence-corrected chi connectivity index (χ0v) is 19.3. The number of hydrogen-bond donors (Lipinski definition) is 1. The van der Waals surface area contributed by atoms with Crippen molar-refractivity contribution in [3.63, 3.8) is 0 Å². The quantitative estimate of drug-likeness (QED) is 0.681. The van der Waals surface area contributed by atoms with Gasteiger partial charge >= 0.3 is 0 Å². The molecule has 1 aromatic heterocycles. The van der Waals surface area contributed by atoms with Gasteiger partial charge in [-0.2, -0.15) is 0 Å². The molecule has 0 spiro atoms. The van der Waals surface area contributed by atoms with E-state index in [1.54, 1.807) is 6.20 Å². The van der Waals surface area contributed by atoms with E-state index in [9.17, 15) is 12.8 Å². The molecule has 1 aliphatic carbocycles. The van der Waals surface area contributed by atoms with E-state index in [2.05, 4.69) is 14.6 Å². The first-order chi connectivity index (χ1) is 15.4. The van der Waals surface area contributed by atoms with Crippen molar-refractivity contribution in [2.75, 3.05) is 30.9 Å². The molecule has 6 nitrogen and oxygen atoms in total. The number of rotatable bonds is 7. The standard InChI is InChI=1S/C24H32FN3O3S/c1-32(29,30)27-23-13-15-28(24-4-2-3-14-26-24)16-20(23)17-31-22-11-7-19(8-12-22)18-5-9-21(25)10-6-18/h2-6,9-10,14,19-20,22-23,27H,7-8,11-13,15-17H2,1H3/t19?,20?,22?,23-/m0/s1. The van der Waals surface area contributed by atoms with E-state index in [-0.39, 0.29) is 23.9 Å². The zero-order chi connectivity index (χ0) is 22.6. The first-order valence-electron chi connectivity index (χ1n) is 11.4. The molecule has 0 bridgehead atoms. The molecule has 1 unspecified atom stereocenters. The summed E-state index contributed by atoms with van der Waals surface area (Å²) in [4.78, 5) is 6.66. The van der Waals surface area contributed by atoms with Gasteiger partial charge in [-0.15, -0.1) is 0 Å². The second kappa shape index (κ2) is 10.3. The molecule has 2 atom stereocenters. The van der Waals surface area contributed by atoms with Crippen molar-refractivity contribution in [3.05, 3.63) is 60.0 Å². The first kappa shape index (κ1) is 23.1. The summed E-state index contributed by atoms with van der Waals surface area (Å²) in [5.74, 6) is 1.21. The second-order valence-corrected chi connectivity index (χ2v) is 10.8. The predicted molar refractivity (Wildman–Crippen MR) is 124 cm³/mol. The molecule has 1 saturated carbocycles. The SMILES string of the molecule is CS(=O)(=O)N[C@H]1CCN(c2ccccn2)CC1COC1CCC(c2ccc(F)cc2)CC1. The van der Waals surface area contributed by atoms with Crippen molar-refractivity contribution in [1.82, 2.24) is 9.71 Å². The van der Waals surface area contributed by atoms with E-state index < -0.39 is 10.0 Å². The summed E-state index contributed by atoms with van der Waals surface area (Å²) in [5, 5.41) is 0. The first-order valence-corrected chi connectivity index (χ1v) is 13.3.